The highest BCUT2D eigenvalue weighted by Gasteiger charge is 2.39. The molecule has 8 heteroatoms. The molecule has 3 aliphatic rings. The van der Waals surface area contributed by atoms with Gasteiger partial charge in [0.15, 0.2) is 5.17 Å². The molecule has 0 N–H and O–H groups in total. The molecule has 1 aliphatic heterocycles. The summed E-state index contributed by atoms with van der Waals surface area (Å²) in [7, 11) is 1.46. The number of rotatable bonds is 5. The average Bonchev–Trinajstić information content (AvgIpc) is 3.59. The first-order valence-electron chi connectivity index (χ1n) is 14.2. The molecular formula is C32H35N3O3S2. The maximum absolute atomic E-state index is 13.9. The summed E-state index contributed by atoms with van der Waals surface area (Å²) < 4.78 is 7.41. The molecule has 40 heavy (non-hydrogen) atoms. The number of nitrogens with zero attached hydrogens (tertiary/aromatic N) is 3. The lowest BCUT2D eigenvalue weighted by Gasteiger charge is -2.30. The molecule has 0 atom stereocenters. The molecule has 0 radical (unpaired) electrons. The molecule has 0 spiro atoms. The Labute approximate surface area is 244 Å². The predicted molar refractivity (Wildman–Crippen MR) is 164 cm³/mol. The highest BCUT2D eigenvalue weighted by Crippen LogP contribution is 2.41. The third-order valence-corrected chi connectivity index (χ3v) is 10.5. The lowest BCUT2D eigenvalue weighted by Crippen LogP contribution is -2.40. The van der Waals surface area contributed by atoms with E-state index in [1.807, 2.05) is 41.3 Å². The number of thioether (sulfide) groups is 1. The number of hydrogen-bond donors (Lipinski definition) is 0. The number of esters is 1. The Morgan fingerprint density at radius 3 is 2.55 bits per heavy atom. The van der Waals surface area contributed by atoms with E-state index in [1.54, 1.807) is 11.3 Å². The smallest absolute Gasteiger partial charge is 0.341 e. The quantitative estimate of drug-likeness (QED) is 0.231. The highest BCUT2D eigenvalue weighted by molar-refractivity contribution is 8.18. The van der Waals surface area contributed by atoms with Crippen LogP contribution in [-0.2, 0) is 22.4 Å². The van der Waals surface area contributed by atoms with Crippen LogP contribution in [0.2, 0.25) is 0 Å². The Morgan fingerprint density at radius 2 is 1.80 bits per heavy atom. The summed E-state index contributed by atoms with van der Waals surface area (Å²) in [5.74, 6) is -0.230. The van der Waals surface area contributed by atoms with Crippen molar-refractivity contribution in [3.05, 3.63) is 74.3 Å². The number of methoxy groups -OCH3 is 1. The summed E-state index contributed by atoms with van der Waals surface area (Å²) in [4.78, 5) is 35.7. The molecule has 208 valence electrons. The van der Waals surface area contributed by atoms with Crippen molar-refractivity contribution in [3.63, 3.8) is 0 Å². The van der Waals surface area contributed by atoms with E-state index in [-0.39, 0.29) is 17.9 Å². The van der Waals surface area contributed by atoms with E-state index in [0.717, 1.165) is 89.7 Å². The van der Waals surface area contributed by atoms with E-state index in [9.17, 15) is 9.59 Å². The van der Waals surface area contributed by atoms with Crippen LogP contribution in [0.15, 0.2) is 46.3 Å². The Hall–Kier alpha value is -3.10. The molecule has 1 aromatic carbocycles. The van der Waals surface area contributed by atoms with Gasteiger partial charge in [0, 0.05) is 22.3 Å². The number of amidine groups is 1. The van der Waals surface area contributed by atoms with Crippen molar-refractivity contribution >= 4 is 51.9 Å². The summed E-state index contributed by atoms with van der Waals surface area (Å²) in [5.41, 5.74) is 5.74. The van der Waals surface area contributed by atoms with E-state index < -0.39 is 0 Å². The van der Waals surface area contributed by atoms with Gasteiger partial charge < -0.3 is 9.30 Å². The topological polar surface area (TPSA) is 63.9 Å². The Balaban J connectivity index is 1.40. The molecule has 0 bridgehead atoms. The van der Waals surface area contributed by atoms with Crippen LogP contribution < -0.4 is 0 Å². The van der Waals surface area contributed by atoms with E-state index in [4.69, 9.17) is 9.73 Å². The summed E-state index contributed by atoms with van der Waals surface area (Å²) in [6, 6.07) is 12.2. The second kappa shape index (κ2) is 11.4. The number of aryl methyl sites for hydroxylation is 2. The summed E-state index contributed by atoms with van der Waals surface area (Å²) in [6.45, 7) is 4.14. The van der Waals surface area contributed by atoms with Crippen molar-refractivity contribution in [2.75, 3.05) is 7.11 Å². The molecule has 1 saturated carbocycles. The number of aromatic nitrogens is 1. The zero-order valence-corrected chi connectivity index (χ0v) is 25.0. The molecule has 2 fully saturated rings. The Bertz CT molecular complexity index is 1510. The van der Waals surface area contributed by atoms with Gasteiger partial charge in [-0.3, -0.25) is 9.69 Å². The molecule has 0 unspecified atom stereocenters. The standard InChI is InChI=1S/C32H35N3O3S2/c1-20-18-22(21(2)34(20)30-28(31(37)38-3)25-16-10-11-17-26(25)39-30)19-27-29(36)35(24-14-8-5-9-15-24)32(40-27)33-23-12-6-4-7-13-23/h4,6-7,12-13,18-19,24H,5,8-11,14-17H2,1-3H3/b27-19-,33-32?. The zero-order valence-electron chi connectivity index (χ0n) is 23.4. The van der Waals surface area contributed by atoms with Crippen molar-refractivity contribution in [1.82, 2.24) is 9.47 Å². The van der Waals surface area contributed by atoms with Crippen LogP contribution in [0.5, 0.6) is 0 Å². The first-order valence-corrected chi connectivity index (χ1v) is 15.9. The number of amides is 1. The van der Waals surface area contributed by atoms with Crippen LogP contribution in [0.1, 0.15) is 82.7 Å². The van der Waals surface area contributed by atoms with Crippen LogP contribution in [0.25, 0.3) is 11.1 Å². The van der Waals surface area contributed by atoms with Gasteiger partial charge in [0.25, 0.3) is 5.91 Å². The molecule has 1 amide bonds. The second-order valence-electron chi connectivity index (χ2n) is 10.9. The number of carbonyl (C=O) groups excluding carboxylic acids is 2. The summed E-state index contributed by atoms with van der Waals surface area (Å²) >= 11 is 3.18. The minimum atomic E-state index is -0.270. The van der Waals surface area contributed by atoms with E-state index in [2.05, 4.69) is 24.5 Å². The van der Waals surface area contributed by atoms with Gasteiger partial charge in [-0.1, -0.05) is 37.5 Å². The number of hydrogen-bond acceptors (Lipinski definition) is 6. The van der Waals surface area contributed by atoms with Crippen LogP contribution in [0.3, 0.4) is 0 Å². The van der Waals surface area contributed by atoms with Gasteiger partial charge in [-0.2, -0.15) is 0 Å². The van der Waals surface area contributed by atoms with E-state index >= 15 is 0 Å². The van der Waals surface area contributed by atoms with Gasteiger partial charge in [-0.05, 0) is 99.5 Å². The maximum atomic E-state index is 13.9. The zero-order chi connectivity index (χ0) is 27.8. The fourth-order valence-electron chi connectivity index (χ4n) is 6.25. The minimum Gasteiger partial charge on any atom is -0.465 e. The summed E-state index contributed by atoms with van der Waals surface area (Å²) in [5, 5.41) is 1.70. The number of fused-ring (bicyclic) bond motifs is 1. The second-order valence-corrected chi connectivity index (χ2v) is 12.9. The van der Waals surface area contributed by atoms with Gasteiger partial charge >= 0.3 is 5.97 Å². The van der Waals surface area contributed by atoms with Gasteiger partial charge in [-0.15, -0.1) is 11.3 Å². The van der Waals surface area contributed by atoms with Crippen molar-refractivity contribution in [2.24, 2.45) is 4.99 Å². The predicted octanol–water partition coefficient (Wildman–Crippen LogP) is 7.76. The lowest BCUT2D eigenvalue weighted by molar-refractivity contribution is -0.124. The number of ether oxygens (including phenoxy) is 1. The average molecular weight is 574 g/mol. The SMILES string of the molecule is COC(=O)c1c(-n2c(C)cc(/C=C3\SC(=Nc4ccccc4)N(C4CCCCC4)C3=O)c2C)sc2c1CCCC2. The van der Waals surface area contributed by atoms with Crippen molar-refractivity contribution in [3.8, 4) is 5.00 Å². The van der Waals surface area contributed by atoms with Crippen molar-refractivity contribution in [2.45, 2.75) is 77.7 Å². The first kappa shape index (κ1) is 27.1. The van der Waals surface area contributed by atoms with Gasteiger partial charge in [-0.25, -0.2) is 9.79 Å². The van der Waals surface area contributed by atoms with Crippen molar-refractivity contribution < 1.29 is 14.3 Å². The van der Waals surface area contributed by atoms with Gasteiger partial charge in [0.1, 0.15) is 5.00 Å². The van der Waals surface area contributed by atoms with Crippen LogP contribution in [-0.4, -0.2) is 39.7 Å². The maximum Gasteiger partial charge on any atom is 0.341 e. The number of carbonyl (C=O) groups is 2. The van der Waals surface area contributed by atoms with E-state index in [1.165, 1.54) is 30.2 Å². The number of benzene rings is 1. The molecule has 1 saturated heterocycles. The van der Waals surface area contributed by atoms with Gasteiger partial charge in [0.2, 0.25) is 0 Å². The highest BCUT2D eigenvalue weighted by atomic mass is 32.2. The minimum absolute atomic E-state index is 0.0400. The monoisotopic (exact) mass is 573 g/mol. The summed E-state index contributed by atoms with van der Waals surface area (Å²) in [6.07, 6.45) is 11.7. The fraction of sp³-hybridized carbons (Fsp3) is 0.406. The number of thiophene rings is 1. The van der Waals surface area contributed by atoms with Crippen LogP contribution in [0.4, 0.5) is 5.69 Å². The van der Waals surface area contributed by atoms with Crippen LogP contribution in [0, 0.1) is 13.8 Å². The molecule has 2 aromatic heterocycles. The third-order valence-electron chi connectivity index (χ3n) is 8.26. The van der Waals surface area contributed by atoms with Crippen LogP contribution >= 0.6 is 23.1 Å². The molecule has 3 heterocycles. The Kier molecular flexibility index (Phi) is 7.73. The molecule has 6 nitrogen and oxygen atoms in total. The molecule has 2 aliphatic carbocycles. The largest absolute Gasteiger partial charge is 0.465 e. The van der Waals surface area contributed by atoms with Gasteiger partial charge in [0.05, 0.1) is 23.3 Å². The Morgan fingerprint density at radius 1 is 1.05 bits per heavy atom. The number of para-hydroxylation sites is 1. The molecule has 6 rings (SSSR count). The lowest BCUT2D eigenvalue weighted by atomic mass is 9.94. The normalized spacial score (nSPS) is 20.0. The third kappa shape index (κ3) is 4.96. The fourth-order valence-corrected chi connectivity index (χ4v) is 8.79. The first-order chi connectivity index (χ1) is 19.5. The van der Waals surface area contributed by atoms with E-state index in [0.29, 0.717) is 10.5 Å². The number of aliphatic imine (C=N–C) groups is 1. The molecular weight excluding hydrogens is 539 g/mol. The van der Waals surface area contributed by atoms with Crippen molar-refractivity contribution in [1.29, 1.82) is 0 Å². The molecule has 3 aromatic rings.